The fourth-order valence-corrected chi connectivity index (χ4v) is 6.92. The normalized spacial score (nSPS) is 34.9. The van der Waals surface area contributed by atoms with Crippen LogP contribution in [0.15, 0.2) is 48.5 Å². The van der Waals surface area contributed by atoms with Crippen LogP contribution >= 0.6 is 0 Å². The molecule has 2 saturated heterocycles. The molecule has 2 bridgehead atoms. The zero-order valence-corrected chi connectivity index (χ0v) is 16.9. The number of hydrogen-bond donors (Lipinski definition) is 0. The third-order valence-corrected chi connectivity index (χ3v) is 8.50. The van der Waals surface area contributed by atoms with Gasteiger partial charge in [-0.25, -0.2) is 0 Å². The number of benzene rings is 2. The number of piperidine rings is 2. The van der Waals surface area contributed by atoms with Gasteiger partial charge in [-0.15, -0.1) is 0 Å². The molecule has 3 nitrogen and oxygen atoms in total. The number of carbonyl (C=O) groups is 1. The predicted octanol–water partition coefficient (Wildman–Crippen LogP) is 4.14. The lowest BCUT2D eigenvalue weighted by Crippen LogP contribution is -2.59. The van der Waals surface area contributed by atoms with E-state index in [9.17, 15) is 4.79 Å². The van der Waals surface area contributed by atoms with Crippen molar-refractivity contribution in [3.8, 4) is 11.1 Å². The molecule has 2 aromatic rings. The molecule has 5 atom stereocenters. The number of ether oxygens (including phenoxy) is 1. The lowest BCUT2D eigenvalue weighted by molar-refractivity contribution is -0.937. The van der Waals surface area contributed by atoms with Gasteiger partial charge in [0.2, 0.25) is 0 Å². The van der Waals surface area contributed by atoms with Gasteiger partial charge in [-0.2, -0.15) is 0 Å². The summed E-state index contributed by atoms with van der Waals surface area (Å²) in [6.45, 7) is 2.05. The molecule has 0 N–H and O–H groups in total. The molecule has 0 aromatic heterocycles. The third kappa shape index (κ3) is 1.96. The number of carbonyl (C=O) groups excluding carboxylic acids is 1. The molecule has 3 fully saturated rings. The zero-order chi connectivity index (χ0) is 19.3. The topological polar surface area (TPSA) is 26.3 Å². The number of nitrogens with zero attached hydrogens (tertiary/aromatic N) is 1. The van der Waals surface area contributed by atoms with E-state index < -0.39 is 5.41 Å². The van der Waals surface area contributed by atoms with Crippen LogP contribution in [0.25, 0.3) is 11.1 Å². The number of esters is 1. The van der Waals surface area contributed by atoms with Gasteiger partial charge in [0.1, 0.15) is 11.5 Å². The first-order chi connectivity index (χ1) is 13.4. The molecule has 144 valence electrons. The van der Waals surface area contributed by atoms with Gasteiger partial charge in [-0.1, -0.05) is 48.5 Å². The first-order valence-corrected chi connectivity index (χ1v) is 10.7. The Hall–Kier alpha value is -2.13. The Morgan fingerprint density at radius 2 is 1.39 bits per heavy atom. The molecule has 1 saturated carbocycles. The standard InChI is InChI=1S/C25H28NO2/c1-25(20-10-6-4-8-16(20)17-9-5-7-11-21(17)25)24(27)28-15-12-22-18-14-19(18)23(13-15)26(22,2)3/h4-11,15,18-19,22-23H,12-14H2,1-3H3/q+1/t15?,18-,19?,22+,23?/m1/s1. The molecule has 0 spiro atoms. The van der Waals surface area contributed by atoms with Gasteiger partial charge in [0, 0.05) is 24.7 Å². The monoisotopic (exact) mass is 374 g/mol. The highest BCUT2D eigenvalue weighted by atomic mass is 16.5. The van der Waals surface area contributed by atoms with Crippen LogP contribution in [0.1, 0.15) is 37.3 Å². The van der Waals surface area contributed by atoms with Crippen LogP contribution in [0.2, 0.25) is 0 Å². The average Bonchev–Trinajstić information content (AvgIpc) is 3.40. The Morgan fingerprint density at radius 1 is 0.893 bits per heavy atom. The number of fused-ring (bicyclic) bond motifs is 8. The lowest BCUT2D eigenvalue weighted by Gasteiger charge is -2.46. The van der Waals surface area contributed by atoms with Gasteiger partial charge >= 0.3 is 5.97 Å². The lowest BCUT2D eigenvalue weighted by atomic mass is 9.80. The van der Waals surface area contributed by atoms with Crippen molar-refractivity contribution in [2.75, 3.05) is 14.1 Å². The minimum atomic E-state index is -0.711. The van der Waals surface area contributed by atoms with Crippen molar-refractivity contribution in [3.63, 3.8) is 0 Å². The van der Waals surface area contributed by atoms with Crippen molar-refractivity contribution < 1.29 is 14.0 Å². The van der Waals surface area contributed by atoms with Gasteiger partial charge in [0.25, 0.3) is 0 Å². The molecule has 2 aromatic carbocycles. The molecular weight excluding hydrogens is 346 g/mol. The summed E-state index contributed by atoms with van der Waals surface area (Å²) in [4.78, 5) is 13.6. The third-order valence-electron chi connectivity index (χ3n) is 8.50. The van der Waals surface area contributed by atoms with Crippen LogP contribution in [0.3, 0.4) is 0 Å². The Bertz CT molecular complexity index is 928. The summed E-state index contributed by atoms with van der Waals surface area (Å²) in [6.07, 6.45) is 3.51. The fourth-order valence-electron chi connectivity index (χ4n) is 6.92. The van der Waals surface area contributed by atoms with E-state index in [2.05, 4.69) is 57.4 Å². The van der Waals surface area contributed by atoms with Gasteiger partial charge in [0.05, 0.1) is 26.2 Å². The highest BCUT2D eigenvalue weighted by molar-refractivity contribution is 5.97. The second kappa shape index (κ2) is 5.27. The Kier molecular flexibility index (Phi) is 3.16. The van der Waals surface area contributed by atoms with Crippen molar-refractivity contribution >= 4 is 5.97 Å². The van der Waals surface area contributed by atoms with E-state index in [4.69, 9.17) is 4.74 Å². The SMILES string of the molecule is CC1(C(=O)OC2CC3C4C[C@H]4[C@H](C2)[N+]3(C)C)c2ccccc2-c2ccccc21. The number of hydrogen-bond acceptors (Lipinski definition) is 2. The van der Waals surface area contributed by atoms with Crippen molar-refractivity contribution in [2.24, 2.45) is 11.8 Å². The van der Waals surface area contributed by atoms with Crippen LogP contribution in [0, 0.1) is 11.8 Å². The largest absolute Gasteiger partial charge is 0.461 e. The van der Waals surface area contributed by atoms with Crippen molar-refractivity contribution in [1.82, 2.24) is 0 Å². The summed E-state index contributed by atoms with van der Waals surface area (Å²) in [5.41, 5.74) is 3.79. The first-order valence-electron chi connectivity index (χ1n) is 10.7. The molecule has 3 heteroatoms. The smallest absolute Gasteiger partial charge is 0.321 e. The molecule has 3 unspecified atom stereocenters. The Balaban J connectivity index is 1.33. The summed E-state index contributed by atoms with van der Waals surface area (Å²) in [5.74, 6) is 1.66. The maximum absolute atomic E-state index is 13.6. The van der Waals surface area contributed by atoms with Gasteiger partial charge < -0.3 is 9.22 Å². The average molecular weight is 375 g/mol. The molecule has 2 heterocycles. The van der Waals surface area contributed by atoms with E-state index >= 15 is 0 Å². The van der Waals surface area contributed by atoms with E-state index in [0.717, 1.165) is 40.3 Å². The second-order valence-corrected chi connectivity index (χ2v) is 10.0. The molecule has 2 aliphatic carbocycles. The van der Waals surface area contributed by atoms with Crippen molar-refractivity contribution in [1.29, 1.82) is 0 Å². The summed E-state index contributed by atoms with van der Waals surface area (Å²) in [5, 5.41) is 0. The minimum absolute atomic E-state index is 0.0678. The molecule has 4 aliphatic rings. The summed E-state index contributed by atoms with van der Waals surface area (Å²) in [6, 6.07) is 17.9. The minimum Gasteiger partial charge on any atom is -0.461 e. The van der Waals surface area contributed by atoms with E-state index in [1.165, 1.54) is 17.5 Å². The molecular formula is C25H28NO2+. The predicted molar refractivity (Wildman–Crippen MR) is 109 cm³/mol. The van der Waals surface area contributed by atoms with Crippen LogP contribution in [0.5, 0.6) is 0 Å². The molecule has 2 aliphatic heterocycles. The molecule has 28 heavy (non-hydrogen) atoms. The van der Waals surface area contributed by atoms with E-state index in [1.807, 2.05) is 12.1 Å². The van der Waals surface area contributed by atoms with E-state index in [0.29, 0.717) is 12.1 Å². The van der Waals surface area contributed by atoms with E-state index in [1.54, 1.807) is 0 Å². The number of rotatable bonds is 2. The number of quaternary nitrogens is 1. The summed E-state index contributed by atoms with van der Waals surface area (Å²) in [7, 11) is 4.76. The Labute approximate surface area is 166 Å². The van der Waals surface area contributed by atoms with Gasteiger partial charge in [-0.3, -0.25) is 4.79 Å². The highest BCUT2D eigenvalue weighted by Gasteiger charge is 2.68. The van der Waals surface area contributed by atoms with Crippen LogP contribution in [-0.4, -0.2) is 42.7 Å². The maximum Gasteiger partial charge on any atom is 0.321 e. The summed E-state index contributed by atoms with van der Waals surface area (Å²) >= 11 is 0. The van der Waals surface area contributed by atoms with Gasteiger partial charge in [0.15, 0.2) is 0 Å². The van der Waals surface area contributed by atoms with Crippen LogP contribution in [-0.2, 0) is 14.9 Å². The maximum atomic E-state index is 13.6. The molecule has 0 radical (unpaired) electrons. The quantitative estimate of drug-likeness (QED) is 0.583. The summed E-state index contributed by atoms with van der Waals surface area (Å²) < 4.78 is 7.42. The van der Waals surface area contributed by atoms with Crippen molar-refractivity contribution in [3.05, 3.63) is 59.7 Å². The molecule has 6 rings (SSSR count). The van der Waals surface area contributed by atoms with E-state index in [-0.39, 0.29) is 12.1 Å². The van der Waals surface area contributed by atoms with Crippen LogP contribution in [0.4, 0.5) is 0 Å². The zero-order valence-electron chi connectivity index (χ0n) is 16.9. The Morgan fingerprint density at radius 3 is 1.93 bits per heavy atom. The molecule has 0 amide bonds. The van der Waals surface area contributed by atoms with Crippen molar-refractivity contribution in [2.45, 2.75) is 49.8 Å². The van der Waals surface area contributed by atoms with Gasteiger partial charge in [-0.05, 0) is 35.6 Å². The highest BCUT2D eigenvalue weighted by Crippen LogP contribution is 2.61. The second-order valence-electron chi connectivity index (χ2n) is 10.0. The fraction of sp³-hybridized carbons (Fsp3) is 0.480. The first kappa shape index (κ1) is 16.8. The van der Waals surface area contributed by atoms with Crippen LogP contribution < -0.4 is 0 Å².